The summed E-state index contributed by atoms with van der Waals surface area (Å²) in [4.78, 5) is 83.5. The molecule has 0 aromatic heterocycles. The second-order valence-electron chi connectivity index (χ2n) is 19.1. The van der Waals surface area contributed by atoms with Crippen molar-refractivity contribution >= 4 is 58.7 Å². The zero-order chi connectivity index (χ0) is 57.0. The number of hydrogen-bond donors (Lipinski definition) is 5. The summed E-state index contributed by atoms with van der Waals surface area (Å²) in [7, 11) is 0. The normalized spacial score (nSPS) is 12.2. The molecule has 4 amide bonds. The maximum Gasteiger partial charge on any atom is 1.00 e. The number of rotatable bonds is 20. The van der Waals surface area contributed by atoms with E-state index in [-0.39, 0.29) is 168 Å². The number of nitrogens with one attached hydrogen (secondary N) is 4. The van der Waals surface area contributed by atoms with E-state index in [1.807, 2.05) is 60.7 Å². The van der Waals surface area contributed by atoms with Crippen LogP contribution in [0.2, 0.25) is 0 Å². The number of halogens is 1. The summed E-state index contributed by atoms with van der Waals surface area (Å²) < 4.78 is 26.4. The third-order valence-electron chi connectivity index (χ3n) is 11.0. The van der Waals surface area contributed by atoms with Crippen LogP contribution < -0.4 is 129 Å². The molecule has 0 saturated heterocycles. The fourth-order valence-electron chi connectivity index (χ4n) is 7.94. The Morgan fingerprint density at radius 2 is 0.937 bits per heavy atom. The second kappa shape index (κ2) is 38.3. The number of hydrogen-bond acceptors (Lipinski definition) is 14. The maximum atomic E-state index is 12.4. The van der Waals surface area contributed by atoms with E-state index in [0.29, 0.717) is 12.8 Å². The second-order valence-corrected chi connectivity index (χ2v) is 19.7. The molecule has 22 heteroatoms. The van der Waals surface area contributed by atoms with Gasteiger partial charge in [-0.3, -0.25) is 4.79 Å². The Labute approximate surface area is 557 Å². The van der Waals surface area contributed by atoms with E-state index in [2.05, 4.69) is 91.6 Å². The van der Waals surface area contributed by atoms with Crippen molar-refractivity contribution in [3.8, 4) is 22.3 Å². The molecule has 0 radical (unpaired) electrons. The van der Waals surface area contributed by atoms with E-state index >= 15 is 0 Å². The summed E-state index contributed by atoms with van der Waals surface area (Å²) in [6.45, 7) is 18.0. The molecule has 0 fully saturated rings. The predicted octanol–water partition coefficient (Wildman–Crippen LogP) is 3.33. The van der Waals surface area contributed by atoms with Gasteiger partial charge in [-0.05, 0) is 112 Å². The van der Waals surface area contributed by atoms with Crippen LogP contribution in [0.1, 0.15) is 103 Å². The van der Waals surface area contributed by atoms with E-state index in [4.69, 9.17) is 33.7 Å². The van der Waals surface area contributed by atoms with Crippen molar-refractivity contribution in [2.75, 3.05) is 38.2 Å². The van der Waals surface area contributed by atoms with E-state index < -0.39 is 59.6 Å². The molecule has 19 nitrogen and oxygen atoms in total. The Balaban J connectivity index is 0.00000133. The summed E-state index contributed by atoms with van der Waals surface area (Å²) >= 11 is 3.13. The van der Waals surface area contributed by atoms with Crippen LogP contribution in [0.3, 0.4) is 0 Å². The Bertz CT molecular complexity index is 2520. The number of alkyl halides is 1. The number of allylic oxidation sites excluding steroid dienone is 1. The summed E-state index contributed by atoms with van der Waals surface area (Å²) in [5.74, 6) is -1.81. The first kappa shape index (κ1) is 72.6. The van der Waals surface area contributed by atoms with Gasteiger partial charge in [0.05, 0.1) is 0 Å². The topological polar surface area (TPSA) is 266 Å². The monoisotopic (exact) mass is 1210 g/mol. The zero-order valence-electron chi connectivity index (χ0n) is 47.3. The first-order chi connectivity index (χ1) is 36.7. The minimum atomic E-state index is -1.16. The Hall–Kier alpha value is -4.44. The average Bonchev–Trinajstić information content (AvgIpc) is 3.89. The van der Waals surface area contributed by atoms with Crippen molar-refractivity contribution in [2.24, 2.45) is 0 Å². The molecule has 2 atom stereocenters. The molecule has 4 aromatic carbocycles. The average molecular weight is 1210 g/mol. The van der Waals surface area contributed by atoms with Crippen LogP contribution in [0.15, 0.2) is 122 Å². The van der Waals surface area contributed by atoms with Gasteiger partial charge in [0.1, 0.15) is 43.1 Å². The largest absolute Gasteiger partial charge is 1.00 e. The van der Waals surface area contributed by atoms with Gasteiger partial charge >= 0.3 is 139 Å². The van der Waals surface area contributed by atoms with Crippen molar-refractivity contribution in [2.45, 2.75) is 102 Å². The quantitative estimate of drug-likeness (QED) is 0.00978. The van der Waals surface area contributed by atoms with Gasteiger partial charge in [-0.2, -0.15) is 0 Å². The molecule has 5 N–H and O–H groups in total. The first-order valence-electron chi connectivity index (χ1n) is 24.7. The number of carboxylic acid groups (broad SMARTS) is 1. The van der Waals surface area contributed by atoms with Crippen molar-refractivity contribution in [3.05, 3.63) is 145 Å². The minimum Gasteiger partial charge on any atom is -1.00 e. The third-order valence-corrected chi connectivity index (χ3v) is 11.5. The number of carbonyl (C=O) groups is 7. The van der Waals surface area contributed by atoms with E-state index in [0.717, 1.165) is 49.8 Å². The minimum absolute atomic E-state index is 0. The number of esters is 1. The maximum absolute atomic E-state index is 12.4. The van der Waals surface area contributed by atoms with Crippen LogP contribution in [0.25, 0.3) is 22.3 Å². The van der Waals surface area contributed by atoms with Gasteiger partial charge in [0.2, 0.25) is 0 Å². The van der Waals surface area contributed by atoms with Crippen molar-refractivity contribution in [1.29, 1.82) is 0 Å². The number of carboxylic acids is 1. The molecule has 0 aliphatic heterocycles. The number of amides is 4. The smallest absolute Gasteiger partial charge is 1.00 e. The summed E-state index contributed by atoms with van der Waals surface area (Å²) in [5, 5.41) is 28.9. The molecule has 0 bridgehead atoms. The number of carbonyl (C=O) groups excluding carboxylic acids is 6. The zero-order valence-corrected chi connectivity index (χ0v) is 54.1. The van der Waals surface area contributed by atoms with Crippen LogP contribution >= 0.6 is 15.9 Å². The molecular weight excluding hydrogens is 1140 g/mol. The van der Waals surface area contributed by atoms with Gasteiger partial charge in [-0.25, -0.2) is 28.8 Å². The number of ether oxygens (including phenoxy) is 5. The van der Waals surface area contributed by atoms with E-state index in [9.17, 15) is 33.9 Å². The van der Waals surface area contributed by atoms with Gasteiger partial charge in [-0.1, -0.05) is 132 Å². The third kappa shape index (κ3) is 26.4. The molecule has 418 valence electrons. The standard InChI is InChI=1S/C28H34N2O6.C25H30N2O6.C3H5Br.CH2O3.2K.H/c1-5-17-34-25(31)24(30-27(33)36-28(2,3)4)15-10-16-29-26(32)35-18-23-21-13-8-6-11-19(21)20-12-7-9-14-22(20)23;1-25(2,3)33-24(31)27-21(22(28)29)13-8-14-26-23(30)32-15-20-18-11-6-4-9-16(18)17-10-5-7-12-19(17)20;1-2-3-4;2-1-4-3;;;/h5-9,11-14,23-24H,1,10,15-18H2,2-4H3,(H,29,32)(H,30,33);4-7,9-12,20-21H,8,13-15H2,1-3H3,(H,26,30)(H,27,31)(H,28,29);2H,1,3H2;1,3H;;;/q;;;;2*+1;-1/p-1/t24-;21-;;;;;/m00...../s1. The molecule has 0 saturated carbocycles. The molecule has 2 aliphatic rings. The summed E-state index contributed by atoms with van der Waals surface area (Å²) in [6, 6.07) is 30.4. The Morgan fingerprint density at radius 3 is 1.24 bits per heavy atom. The molecule has 79 heavy (non-hydrogen) atoms. The molecule has 0 heterocycles. The van der Waals surface area contributed by atoms with Gasteiger partial charge in [0, 0.05) is 30.3 Å². The van der Waals surface area contributed by atoms with Crippen LogP contribution in [0, 0.1) is 0 Å². The fraction of sp³-hybridized carbons (Fsp3) is 0.386. The summed E-state index contributed by atoms with van der Waals surface area (Å²) in [6.07, 6.45) is 1.77. The van der Waals surface area contributed by atoms with Crippen molar-refractivity contribution in [1.82, 2.24) is 21.3 Å². The Morgan fingerprint density at radius 1 is 0.608 bits per heavy atom. The number of alkyl carbamates (subject to hydrolysis) is 4. The van der Waals surface area contributed by atoms with Gasteiger partial charge in [0.25, 0.3) is 6.47 Å². The van der Waals surface area contributed by atoms with Crippen LogP contribution in [0.5, 0.6) is 0 Å². The molecule has 6 rings (SSSR count). The van der Waals surface area contributed by atoms with Crippen molar-refractivity contribution in [3.63, 3.8) is 0 Å². The SMILES string of the molecule is C=CCBr.C=CCOC(=O)[C@H](CCCNC(=O)OCC1c2ccccc2-c2ccccc21)NC(=O)OC(C)(C)C.CC(C)(C)OC(=O)N[C@@H](CCCNC(=O)OCC1c2ccccc2-c2ccccc21)C(=O)O.O=CO[O-].[H-].[K+].[K+]. The van der Waals surface area contributed by atoms with E-state index in [1.165, 1.54) is 6.08 Å². The van der Waals surface area contributed by atoms with Gasteiger partial charge in [0.15, 0.2) is 0 Å². The fourth-order valence-corrected chi connectivity index (χ4v) is 7.94. The van der Waals surface area contributed by atoms with E-state index in [1.54, 1.807) is 47.6 Å². The van der Waals surface area contributed by atoms with Crippen LogP contribution in [-0.4, -0.2) is 109 Å². The molecule has 0 spiro atoms. The Kier molecular flexibility index (Phi) is 35.2. The number of fused-ring (bicyclic) bond motifs is 6. The predicted molar refractivity (Wildman–Crippen MR) is 292 cm³/mol. The molecule has 4 aromatic rings. The van der Waals surface area contributed by atoms with Gasteiger partial charge in [-0.15, -0.1) is 6.58 Å². The van der Waals surface area contributed by atoms with Crippen LogP contribution in [0.4, 0.5) is 19.2 Å². The first-order valence-corrected chi connectivity index (χ1v) is 25.9. The van der Waals surface area contributed by atoms with Gasteiger partial charge < -0.3 is 61.6 Å². The molecule has 0 unspecified atom stereocenters. The van der Waals surface area contributed by atoms with Crippen molar-refractivity contribution < 1.29 is 177 Å². The molecular formula is C57H71BrK2N4O15. The molecule has 2 aliphatic carbocycles. The number of benzene rings is 4. The number of aliphatic carboxylic acids is 1. The summed E-state index contributed by atoms with van der Waals surface area (Å²) in [5.41, 5.74) is 7.74. The van der Waals surface area contributed by atoms with Crippen LogP contribution in [-0.2, 0) is 43.0 Å².